The molecular formula is C13H15BrF3NO. The largest absolute Gasteiger partial charge is 0.389 e. The number of benzene rings is 1. The lowest BCUT2D eigenvalue weighted by atomic mass is 10.1. The van der Waals surface area contributed by atoms with Gasteiger partial charge in [0.15, 0.2) is 0 Å². The Kier molecular flexibility index (Phi) is 5.85. The average Bonchev–Trinajstić information content (AvgIpc) is 2.29. The number of hydrogen-bond donors (Lipinski definition) is 1. The van der Waals surface area contributed by atoms with E-state index in [4.69, 9.17) is 0 Å². The van der Waals surface area contributed by atoms with Crippen LogP contribution in [0.3, 0.4) is 0 Å². The van der Waals surface area contributed by atoms with E-state index in [9.17, 15) is 18.0 Å². The average molecular weight is 338 g/mol. The van der Waals surface area contributed by atoms with Gasteiger partial charge in [-0.1, -0.05) is 34.1 Å². The van der Waals surface area contributed by atoms with Crippen molar-refractivity contribution in [2.75, 3.05) is 0 Å². The van der Waals surface area contributed by atoms with Crippen LogP contribution in [0, 0.1) is 0 Å². The molecule has 0 aliphatic rings. The van der Waals surface area contributed by atoms with Gasteiger partial charge in [-0.3, -0.25) is 4.79 Å². The maximum Gasteiger partial charge on any atom is 0.389 e. The van der Waals surface area contributed by atoms with Crippen molar-refractivity contribution >= 4 is 21.8 Å². The van der Waals surface area contributed by atoms with E-state index in [0.29, 0.717) is 6.42 Å². The fourth-order valence-corrected chi connectivity index (χ4v) is 2.09. The topological polar surface area (TPSA) is 29.1 Å². The van der Waals surface area contributed by atoms with Crippen LogP contribution in [0.15, 0.2) is 28.7 Å². The Balaban J connectivity index is 2.41. The highest BCUT2D eigenvalue weighted by Crippen LogP contribution is 2.21. The van der Waals surface area contributed by atoms with E-state index in [1.807, 2.05) is 24.3 Å². The number of halogens is 4. The first kappa shape index (κ1) is 16.0. The lowest BCUT2D eigenvalue weighted by Crippen LogP contribution is -2.34. The molecule has 0 aromatic heterocycles. The number of alkyl halides is 3. The number of amides is 1. The lowest BCUT2D eigenvalue weighted by molar-refractivity contribution is -0.144. The molecule has 0 fully saturated rings. The van der Waals surface area contributed by atoms with Crippen LogP contribution in [0.1, 0.15) is 25.3 Å². The molecule has 2 nitrogen and oxygen atoms in total. The summed E-state index contributed by atoms with van der Waals surface area (Å²) in [5.74, 6) is -0.572. The number of carbonyl (C=O) groups excluding carboxylic acids is 1. The van der Waals surface area contributed by atoms with E-state index in [0.717, 1.165) is 10.0 Å². The Labute approximate surface area is 118 Å². The zero-order valence-electron chi connectivity index (χ0n) is 10.4. The third kappa shape index (κ3) is 6.61. The molecule has 0 spiro atoms. The predicted octanol–water partition coefficient (Wildman–Crippen LogP) is 3.84. The quantitative estimate of drug-likeness (QED) is 0.868. The van der Waals surface area contributed by atoms with Gasteiger partial charge in [-0.25, -0.2) is 0 Å². The van der Waals surface area contributed by atoms with Crippen LogP contribution in [0.5, 0.6) is 0 Å². The van der Waals surface area contributed by atoms with Gasteiger partial charge in [0.25, 0.3) is 0 Å². The fraction of sp³-hybridized carbons (Fsp3) is 0.462. The molecule has 0 bridgehead atoms. The van der Waals surface area contributed by atoms with E-state index < -0.39 is 24.9 Å². The second-order valence-corrected chi connectivity index (χ2v) is 5.23. The molecule has 106 valence electrons. The molecule has 0 saturated carbocycles. The van der Waals surface area contributed by atoms with Crippen LogP contribution in [-0.4, -0.2) is 18.1 Å². The summed E-state index contributed by atoms with van der Waals surface area (Å²) in [5, 5.41) is 2.57. The van der Waals surface area contributed by atoms with Crippen molar-refractivity contribution in [1.29, 1.82) is 0 Å². The highest BCUT2D eigenvalue weighted by atomic mass is 79.9. The molecule has 0 saturated heterocycles. The van der Waals surface area contributed by atoms with Gasteiger partial charge in [-0.15, -0.1) is 0 Å². The second-order valence-electron chi connectivity index (χ2n) is 4.38. The van der Waals surface area contributed by atoms with E-state index in [1.165, 1.54) is 0 Å². The molecule has 1 atom stereocenters. The summed E-state index contributed by atoms with van der Waals surface area (Å²) < 4.78 is 36.8. The van der Waals surface area contributed by atoms with Crippen molar-refractivity contribution < 1.29 is 18.0 Å². The van der Waals surface area contributed by atoms with E-state index in [1.54, 1.807) is 6.92 Å². The summed E-state index contributed by atoms with van der Waals surface area (Å²) >= 11 is 3.39. The maximum absolute atomic E-state index is 12.0. The summed E-state index contributed by atoms with van der Waals surface area (Å²) in [7, 11) is 0. The van der Waals surface area contributed by atoms with Gasteiger partial charge >= 0.3 is 6.18 Å². The summed E-state index contributed by atoms with van der Waals surface area (Å²) in [4.78, 5) is 11.4. The molecule has 0 radical (unpaired) electrons. The monoisotopic (exact) mass is 337 g/mol. The van der Waals surface area contributed by atoms with E-state index >= 15 is 0 Å². The highest BCUT2D eigenvalue weighted by molar-refractivity contribution is 9.10. The van der Waals surface area contributed by atoms with E-state index in [-0.39, 0.29) is 6.04 Å². The number of nitrogens with one attached hydrogen (secondary N) is 1. The molecule has 1 rings (SSSR count). The zero-order chi connectivity index (χ0) is 14.5. The Morgan fingerprint density at radius 1 is 1.37 bits per heavy atom. The Morgan fingerprint density at radius 2 is 2.00 bits per heavy atom. The first-order valence-electron chi connectivity index (χ1n) is 5.87. The van der Waals surface area contributed by atoms with Crippen LogP contribution in [0.25, 0.3) is 0 Å². The van der Waals surface area contributed by atoms with Crippen molar-refractivity contribution in [2.24, 2.45) is 0 Å². The van der Waals surface area contributed by atoms with E-state index in [2.05, 4.69) is 21.2 Å². The molecule has 1 aromatic rings. The van der Waals surface area contributed by atoms with Crippen molar-refractivity contribution in [1.82, 2.24) is 5.32 Å². The molecule has 6 heteroatoms. The maximum atomic E-state index is 12.0. The fourth-order valence-electron chi connectivity index (χ4n) is 1.65. The summed E-state index contributed by atoms with van der Waals surface area (Å²) in [5.41, 5.74) is 1.01. The lowest BCUT2D eigenvalue weighted by Gasteiger charge is -2.15. The molecule has 0 heterocycles. The van der Waals surface area contributed by atoms with Gasteiger partial charge in [0.05, 0.1) is 6.42 Å². The second kappa shape index (κ2) is 6.93. The molecule has 0 unspecified atom stereocenters. The molecule has 0 aliphatic carbocycles. The standard InChI is InChI=1S/C13H15BrF3NO/c1-9(8-10-4-2-3-5-11(10)14)18-12(19)6-7-13(15,16)17/h2-5,9H,6-8H2,1H3,(H,18,19)/t9-/m0/s1. The molecule has 0 aliphatic heterocycles. The minimum absolute atomic E-state index is 0.209. The van der Waals surface area contributed by atoms with Crippen molar-refractivity contribution in [2.45, 2.75) is 38.4 Å². The third-order valence-corrected chi connectivity index (χ3v) is 3.30. The van der Waals surface area contributed by atoms with Gasteiger partial charge < -0.3 is 5.32 Å². The summed E-state index contributed by atoms with van der Waals surface area (Å²) in [6, 6.07) is 7.33. The first-order chi connectivity index (χ1) is 8.78. The Bertz CT molecular complexity index is 434. The number of hydrogen-bond acceptors (Lipinski definition) is 1. The van der Waals surface area contributed by atoms with Crippen molar-refractivity contribution in [3.05, 3.63) is 34.3 Å². The smallest absolute Gasteiger partial charge is 0.353 e. The van der Waals surface area contributed by atoms with Gasteiger partial charge in [0, 0.05) is 16.9 Å². The first-order valence-corrected chi connectivity index (χ1v) is 6.67. The van der Waals surface area contributed by atoms with Gasteiger partial charge in [-0.2, -0.15) is 13.2 Å². The van der Waals surface area contributed by atoms with Crippen molar-refractivity contribution in [3.63, 3.8) is 0 Å². The van der Waals surface area contributed by atoms with Gasteiger partial charge in [0.2, 0.25) is 5.91 Å². The molecule has 19 heavy (non-hydrogen) atoms. The molecular weight excluding hydrogens is 323 g/mol. The van der Waals surface area contributed by atoms with Crippen molar-refractivity contribution in [3.8, 4) is 0 Å². The zero-order valence-corrected chi connectivity index (χ0v) is 12.0. The molecule has 1 N–H and O–H groups in total. The van der Waals surface area contributed by atoms with Crippen LogP contribution in [0.2, 0.25) is 0 Å². The number of carbonyl (C=O) groups is 1. The Morgan fingerprint density at radius 3 is 2.58 bits per heavy atom. The normalized spacial score (nSPS) is 13.1. The van der Waals surface area contributed by atoms with Gasteiger partial charge in [0.1, 0.15) is 0 Å². The minimum Gasteiger partial charge on any atom is -0.353 e. The highest BCUT2D eigenvalue weighted by Gasteiger charge is 2.28. The van der Waals surface area contributed by atoms with Crippen LogP contribution >= 0.6 is 15.9 Å². The van der Waals surface area contributed by atoms with Crippen LogP contribution in [0.4, 0.5) is 13.2 Å². The third-order valence-electron chi connectivity index (χ3n) is 2.53. The molecule has 1 amide bonds. The van der Waals surface area contributed by atoms with Gasteiger partial charge in [-0.05, 0) is 25.0 Å². The predicted molar refractivity (Wildman–Crippen MR) is 70.7 cm³/mol. The van der Waals surface area contributed by atoms with Crippen LogP contribution < -0.4 is 5.32 Å². The summed E-state index contributed by atoms with van der Waals surface area (Å²) in [6.45, 7) is 1.77. The Hall–Kier alpha value is -1.04. The minimum atomic E-state index is -4.29. The van der Waals surface area contributed by atoms with Crippen LogP contribution in [-0.2, 0) is 11.2 Å². The molecule has 1 aromatic carbocycles. The number of rotatable bonds is 5. The SMILES string of the molecule is C[C@@H](Cc1ccccc1Br)NC(=O)CCC(F)(F)F. The summed E-state index contributed by atoms with van der Waals surface area (Å²) in [6.07, 6.45) is -5.33.